The number of halogens is 1. The van der Waals surface area contributed by atoms with Gasteiger partial charge in [-0.05, 0) is 13.0 Å². The summed E-state index contributed by atoms with van der Waals surface area (Å²) in [5.41, 5.74) is 8.64. The number of nitrogens with one attached hydrogen (secondary N) is 1. The minimum atomic E-state index is -0.468. The van der Waals surface area contributed by atoms with E-state index in [2.05, 4.69) is 5.32 Å². The maximum Gasteiger partial charge on any atom is 0.167 e. The summed E-state index contributed by atoms with van der Waals surface area (Å²) in [5.74, 6) is -0.288. The van der Waals surface area contributed by atoms with Crippen molar-refractivity contribution in [1.29, 1.82) is 0 Å². The van der Waals surface area contributed by atoms with Gasteiger partial charge in [-0.15, -0.1) is 0 Å². The Morgan fingerprint density at radius 3 is 2.67 bits per heavy atom. The third-order valence-electron chi connectivity index (χ3n) is 2.99. The largest absolute Gasteiger partial charge is 0.491 e. The minimum absolute atomic E-state index is 0.179. The van der Waals surface area contributed by atoms with Crippen LogP contribution >= 0.6 is 0 Å². The fourth-order valence-corrected chi connectivity index (χ4v) is 2.01. The molecule has 0 bridgehead atoms. The first-order valence-electron chi connectivity index (χ1n) is 6.71. The molecule has 5 heteroatoms. The average molecular weight is 290 g/mol. The van der Waals surface area contributed by atoms with Gasteiger partial charge in [-0.25, -0.2) is 4.39 Å². The molecule has 0 heterocycles. The zero-order valence-corrected chi connectivity index (χ0v) is 12.2. The Labute approximate surface area is 123 Å². The molecule has 0 atom stereocenters. The smallest absolute Gasteiger partial charge is 0.167 e. The van der Waals surface area contributed by atoms with E-state index in [1.54, 1.807) is 20.1 Å². The maximum atomic E-state index is 13.7. The lowest BCUT2D eigenvalue weighted by Crippen LogP contribution is -2.03. The second kappa shape index (κ2) is 6.95. The SMILES string of the molecule is CCOc1cc(Nc2ccccc2COC)c(N)cc1F. The van der Waals surface area contributed by atoms with E-state index >= 15 is 0 Å². The van der Waals surface area contributed by atoms with Gasteiger partial charge in [-0.2, -0.15) is 0 Å². The van der Waals surface area contributed by atoms with E-state index in [4.69, 9.17) is 15.2 Å². The molecule has 0 saturated carbocycles. The van der Waals surface area contributed by atoms with Gasteiger partial charge >= 0.3 is 0 Å². The number of rotatable bonds is 6. The van der Waals surface area contributed by atoms with E-state index in [-0.39, 0.29) is 5.75 Å². The van der Waals surface area contributed by atoms with Crippen LogP contribution in [0.5, 0.6) is 5.75 Å². The van der Waals surface area contributed by atoms with E-state index in [9.17, 15) is 4.39 Å². The van der Waals surface area contributed by atoms with Gasteiger partial charge in [0.25, 0.3) is 0 Å². The highest BCUT2D eigenvalue weighted by molar-refractivity contribution is 5.75. The summed E-state index contributed by atoms with van der Waals surface area (Å²) in [6.07, 6.45) is 0. The minimum Gasteiger partial charge on any atom is -0.491 e. The van der Waals surface area contributed by atoms with Crippen LogP contribution in [0.4, 0.5) is 21.5 Å². The van der Waals surface area contributed by atoms with Gasteiger partial charge in [0.15, 0.2) is 11.6 Å². The van der Waals surface area contributed by atoms with Crippen LogP contribution in [0.1, 0.15) is 12.5 Å². The molecule has 2 aromatic rings. The first-order valence-corrected chi connectivity index (χ1v) is 6.71. The molecule has 0 aliphatic rings. The highest BCUT2D eigenvalue weighted by Gasteiger charge is 2.10. The summed E-state index contributed by atoms with van der Waals surface area (Å²) in [4.78, 5) is 0. The molecule has 112 valence electrons. The third-order valence-corrected chi connectivity index (χ3v) is 2.99. The van der Waals surface area contributed by atoms with Crippen LogP contribution in [0.3, 0.4) is 0 Å². The van der Waals surface area contributed by atoms with Crippen LogP contribution in [0, 0.1) is 5.82 Å². The summed E-state index contributed by atoms with van der Waals surface area (Å²) >= 11 is 0. The fourth-order valence-electron chi connectivity index (χ4n) is 2.01. The number of hydrogen-bond donors (Lipinski definition) is 2. The van der Waals surface area contributed by atoms with Gasteiger partial charge in [0.2, 0.25) is 0 Å². The van der Waals surface area contributed by atoms with Crippen molar-refractivity contribution in [2.45, 2.75) is 13.5 Å². The Bertz CT molecular complexity index is 617. The van der Waals surface area contributed by atoms with Crippen LogP contribution in [-0.2, 0) is 11.3 Å². The van der Waals surface area contributed by atoms with E-state index < -0.39 is 5.82 Å². The number of anilines is 3. The Kier molecular flexibility index (Phi) is 5.00. The molecule has 0 fully saturated rings. The summed E-state index contributed by atoms with van der Waals surface area (Å²) in [7, 11) is 1.64. The van der Waals surface area contributed by atoms with Crippen LogP contribution < -0.4 is 15.8 Å². The number of hydrogen-bond acceptors (Lipinski definition) is 4. The van der Waals surface area contributed by atoms with Gasteiger partial charge in [-0.1, -0.05) is 18.2 Å². The molecule has 0 saturated heterocycles. The van der Waals surface area contributed by atoms with Gasteiger partial charge in [0, 0.05) is 30.5 Å². The van der Waals surface area contributed by atoms with Crippen LogP contribution in [0.15, 0.2) is 36.4 Å². The summed E-state index contributed by atoms with van der Waals surface area (Å²) in [6, 6.07) is 10.5. The highest BCUT2D eigenvalue weighted by Crippen LogP contribution is 2.31. The first kappa shape index (κ1) is 15.1. The number of methoxy groups -OCH3 is 1. The van der Waals surface area contributed by atoms with E-state index in [0.29, 0.717) is 24.6 Å². The Morgan fingerprint density at radius 1 is 1.19 bits per heavy atom. The topological polar surface area (TPSA) is 56.5 Å². The maximum absolute atomic E-state index is 13.7. The van der Waals surface area contributed by atoms with Crippen molar-refractivity contribution >= 4 is 17.1 Å². The lowest BCUT2D eigenvalue weighted by molar-refractivity contribution is 0.185. The van der Waals surface area contributed by atoms with Crippen molar-refractivity contribution in [1.82, 2.24) is 0 Å². The Hall–Kier alpha value is -2.27. The Balaban J connectivity index is 2.33. The van der Waals surface area contributed by atoms with Gasteiger partial charge in [0.1, 0.15) is 0 Å². The van der Waals surface area contributed by atoms with Gasteiger partial charge < -0.3 is 20.5 Å². The molecular weight excluding hydrogens is 271 g/mol. The molecule has 4 nitrogen and oxygen atoms in total. The van der Waals surface area contributed by atoms with Crippen molar-refractivity contribution in [3.05, 3.63) is 47.8 Å². The predicted molar refractivity (Wildman–Crippen MR) is 82.4 cm³/mol. The molecule has 2 rings (SSSR count). The zero-order valence-electron chi connectivity index (χ0n) is 12.2. The second-order valence-corrected chi connectivity index (χ2v) is 4.52. The molecule has 0 radical (unpaired) electrons. The van der Waals surface area contributed by atoms with Crippen molar-refractivity contribution in [2.75, 3.05) is 24.8 Å². The van der Waals surface area contributed by atoms with Crippen LogP contribution in [0.25, 0.3) is 0 Å². The number of ether oxygens (including phenoxy) is 2. The molecule has 2 aromatic carbocycles. The van der Waals surface area contributed by atoms with Crippen molar-refractivity contribution in [3.63, 3.8) is 0 Å². The lowest BCUT2D eigenvalue weighted by atomic mass is 10.1. The van der Waals surface area contributed by atoms with Crippen LogP contribution in [0.2, 0.25) is 0 Å². The molecule has 0 spiro atoms. The normalized spacial score (nSPS) is 10.4. The molecule has 0 unspecified atom stereocenters. The van der Waals surface area contributed by atoms with Gasteiger partial charge in [0.05, 0.1) is 24.6 Å². The standard InChI is InChI=1S/C16H19FN2O2/c1-3-21-16-9-15(13(18)8-12(16)17)19-14-7-5-4-6-11(14)10-20-2/h4-9,19H,3,10,18H2,1-2H3. The molecule has 0 aliphatic heterocycles. The summed E-state index contributed by atoms with van der Waals surface area (Å²) in [5, 5.41) is 3.20. The summed E-state index contributed by atoms with van der Waals surface area (Å²) in [6.45, 7) is 2.67. The fraction of sp³-hybridized carbons (Fsp3) is 0.250. The lowest BCUT2D eigenvalue weighted by Gasteiger charge is -2.15. The van der Waals surface area contributed by atoms with E-state index in [1.165, 1.54) is 6.07 Å². The van der Waals surface area contributed by atoms with Crippen molar-refractivity contribution in [2.24, 2.45) is 0 Å². The number of benzene rings is 2. The van der Waals surface area contributed by atoms with Crippen molar-refractivity contribution < 1.29 is 13.9 Å². The highest BCUT2D eigenvalue weighted by atomic mass is 19.1. The second-order valence-electron chi connectivity index (χ2n) is 4.52. The summed E-state index contributed by atoms with van der Waals surface area (Å²) < 4.78 is 24.1. The molecule has 0 aliphatic carbocycles. The molecule has 21 heavy (non-hydrogen) atoms. The molecule has 0 aromatic heterocycles. The third kappa shape index (κ3) is 3.64. The van der Waals surface area contributed by atoms with Gasteiger partial charge in [-0.3, -0.25) is 0 Å². The Morgan fingerprint density at radius 2 is 1.95 bits per heavy atom. The average Bonchev–Trinajstić information content (AvgIpc) is 2.46. The van der Waals surface area contributed by atoms with E-state index in [1.807, 2.05) is 24.3 Å². The van der Waals surface area contributed by atoms with Crippen LogP contribution in [-0.4, -0.2) is 13.7 Å². The quantitative estimate of drug-likeness (QED) is 0.797. The molecular formula is C16H19FN2O2. The molecule has 3 N–H and O–H groups in total. The van der Waals surface area contributed by atoms with Crippen molar-refractivity contribution in [3.8, 4) is 5.75 Å². The zero-order chi connectivity index (χ0) is 15.2. The first-order chi connectivity index (χ1) is 10.2. The molecule has 0 amide bonds. The monoisotopic (exact) mass is 290 g/mol. The predicted octanol–water partition coefficient (Wildman–Crippen LogP) is 3.70. The van der Waals surface area contributed by atoms with E-state index in [0.717, 1.165) is 11.3 Å². The number of para-hydroxylation sites is 1. The number of nitrogen functional groups attached to an aromatic ring is 1. The number of nitrogens with two attached hydrogens (primary N) is 1.